The van der Waals surface area contributed by atoms with Gasteiger partial charge in [0.25, 0.3) is 0 Å². The van der Waals surface area contributed by atoms with Crippen molar-refractivity contribution in [2.45, 2.75) is 5.38 Å². The first-order valence-electron chi connectivity index (χ1n) is 5.05. The summed E-state index contributed by atoms with van der Waals surface area (Å²) in [6.45, 7) is 2.42. The fourth-order valence-corrected chi connectivity index (χ4v) is 3.95. The number of hydrogen-bond donors (Lipinski definition) is 0. The first-order valence-corrected chi connectivity index (χ1v) is 7.89. The highest BCUT2D eigenvalue weighted by molar-refractivity contribution is 9.13. The Morgan fingerprint density at radius 1 is 1.47 bits per heavy atom. The topological polar surface area (TPSA) is 29.5 Å². The van der Waals surface area contributed by atoms with E-state index >= 15 is 0 Å². The van der Waals surface area contributed by atoms with E-state index in [4.69, 9.17) is 16.3 Å². The minimum atomic E-state index is -0.610. The molecule has 1 amide bonds. The average molecular weight is 404 g/mol. The third-order valence-electron chi connectivity index (χ3n) is 2.45. The zero-order valence-corrected chi connectivity index (χ0v) is 13.5. The number of rotatable bonds is 2. The maximum absolute atomic E-state index is 12.1. The van der Waals surface area contributed by atoms with E-state index in [1.807, 2.05) is 6.07 Å². The second-order valence-corrected chi connectivity index (χ2v) is 7.26. The number of carbonyl (C=O) groups is 1. The van der Waals surface area contributed by atoms with Crippen LogP contribution in [0.25, 0.3) is 0 Å². The Kier molecular flexibility index (Phi) is 4.88. The standard InChI is InChI=1S/C10H10Br2ClNO2S/c11-6-5-7(17-9(6)12)8(13)10(15)14-1-3-16-4-2-14/h5,8H,1-4H2. The SMILES string of the molecule is O=C(C(Cl)c1cc(Br)c(Br)s1)N1CCOCC1. The average Bonchev–Trinajstić information content (AvgIpc) is 2.69. The van der Waals surface area contributed by atoms with Crippen molar-refractivity contribution in [3.63, 3.8) is 0 Å². The molecule has 7 heteroatoms. The zero-order chi connectivity index (χ0) is 12.4. The van der Waals surface area contributed by atoms with Crippen LogP contribution in [0.3, 0.4) is 0 Å². The van der Waals surface area contributed by atoms with Crippen LogP contribution in [0, 0.1) is 0 Å². The van der Waals surface area contributed by atoms with Gasteiger partial charge in [-0.3, -0.25) is 4.79 Å². The largest absolute Gasteiger partial charge is 0.378 e. The van der Waals surface area contributed by atoms with Gasteiger partial charge in [-0.15, -0.1) is 22.9 Å². The highest BCUT2D eigenvalue weighted by Gasteiger charge is 2.27. The van der Waals surface area contributed by atoms with Crippen molar-refractivity contribution < 1.29 is 9.53 Å². The van der Waals surface area contributed by atoms with E-state index < -0.39 is 5.38 Å². The van der Waals surface area contributed by atoms with Crippen molar-refractivity contribution in [3.05, 3.63) is 19.2 Å². The van der Waals surface area contributed by atoms with Gasteiger partial charge < -0.3 is 9.64 Å². The fourth-order valence-electron chi connectivity index (χ4n) is 1.55. The Hall–Kier alpha value is 0.380. The lowest BCUT2D eigenvalue weighted by Gasteiger charge is -2.28. The summed E-state index contributed by atoms with van der Waals surface area (Å²) in [7, 11) is 0. The number of ether oxygens (including phenoxy) is 1. The number of thiophene rings is 1. The van der Waals surface area contributed by atoms with E-state index in [0.717, 1.165) is 13.1 Å². The predicted molar refractivity (Wildman–Crippen MR) is 75.7 cm³/mol. The molecule has 3 nitrogen and oxygen atoms in total. The number of nitrogens with zero attached hydrogens (tertiary/aromatic N) is 1. The van der Waals surface area contributed by atoms with Crippen LogP contribution in [-0.4, -0.2) is 37.1 Å². The molecule has 1 aromatic heterocycles. The maximum Gasteiger partial charge on any atom is 0.246 e. The van der Waals surface area contributed by atoms with Crippen LogP contribution in [0.5, 0.6) is 0 Å². The lowest BCUT2D eigenvalue weighted by Crippen LogP contribution is -2.42. The first-order chi connectivity index (χ1) is 8.09. The number of alkyl halides is 1. The van der Waals surface area contributed by atoms with Crippen LogP contribution in [0.15, 0.2) is 14.3 Å². The molecule has 0 radical (unpaired) electrons. The van der Waals surface area contributed by atoms with Crippen molar-refractivity contribution in [1.29, 1.82) is 0 Å². The summed E-state index contributed by atoms with van der Waals surface area (Å²) in [5.41, 5.74) is 0. The maximum atomic E-state index is 12.1. The Morgan fingerprint density at radius 2 is 2.12 bits per heavy atom. The van der Waals surface area contributed by atoms with Crippen LogP contribution in [0.4, 0.5) is 0 Å². The lowest BCUT2D eigenvalue weighted by molar-refractivity contribution is -0.134. The van der Waals surface area contributed by atoms with Crippen molar-refractivity contribution in [2.75, 3.05) is 26.3 Å². The predicted octanol–water partition coefficient (Wildman–Crippen LogP) is 3.41. The minimum absolute atomic E-state index is 0.0452. The van der Waals surface area contributed by atoms with Gasteiger partial charge in [-0.05, 0) is 37.9 Å². The monoisotopic (exact) mass is 401 g/mol. The van der Waals surface area contributed by atoms with E-state index in [9.17, 15) is 4.79 Å². The molecule has 2 rings (SSSR count). The molecule has 1 atom stereocenters. The molecule has 1 aliphatic heterocycles. The number of hydrogen-bond acceptors (Lipinski definition) is 3. The Morgan fingerprint density at radius 3 is 2.65 bits per heavy atom. The summed E-state index contributed by atoms with van der Waals surface area (Å²) in [6, 6.07) is 1.88. The first kappa shape index (κ1) is 13.8. The van der Waals surface area contributed by atoms with Gasteiger partial charge in [0.05, 0.1) is 17.0 Å². The molecular formula is C10H10Br2ClNO2S. The Balaban J connectivity index is 2.08. The second kappa shape index (κ2) is 6.02. The summed E-state index contributed by atoms with van der Waals surface area (Å²) in [6.07, 6.45) is 0. The van der Waals surface area contributed by atoms with Crippen LogP contribution in [-0.2, 0) is 9.53 Å². The molecule has 0 N–H and O–H groups in total. The molecule has 2 heterocycles. The minimum Gasteiger partial charge on any atom is -0.378 e. The summed E-state index contributed by atoms with van der Waals surface area (Å²) < 4.78 is 7.09. The van der Waals surface area contributed by atoms with Gasteiger partial charge in [-0.2, -0.15) is 0 Å². The van der Waals surface area contributed by atoms with Crippen molar-refractivity contribution in [1.82, 2.24) is 4.90 Å². The van der Waals surface area contributed by atoms with Gasteiger partial charge in [0.1, 0.15) is 5.38 Å². The molecule has 0 saturated carbocycles. The molecule has 17 heavy (non-hydrogen) atoms. The van der Waals surface area contributed by atoms with Gasteiger partial charge in [0.15, 0.2) is 0 Å². The van der Waals surface area contributed by atoms with E-state index in [1.165, 1.54) is 11.3 Å². The number of morpholine rings is 1. The van der Waals surface area contributed by atoms with Gasteiger partial charge in [-0.1, -0.05) is 0 Å². The molecule has 1 saturated heterocycles. The summed E-state index contributed by atoms with van der Waals surface area (Å²) in [5, 5.41) is -0.610. The highest BCUT2D eigenvalue weighted by atomic mass is 79.9. The Labute approximate surface area is 125 Å². The molecule has 0 spiro atoms. The lowest BCUT2D eigenvalue weighted by atomic mass is 10.3. The van der Waals surface area contributed by atoms with Crippen LogP contribution < -0.4 is 0 Å². The molecule has 0 aromatic carbocycles. The third kappa shape index (κ3) is 3.23. The quantitative estimate of drug-likeness (QED) is 0.709. The number of amides is 1. The summed E-state index contributed by atoms with van der Waals surface area (Å²) >= 11 is 14.5. The molecule has 0 aliphatic carbocycles. The molecule has 94 valence electrons. The third-order valence-corrected chi connectivity index (χ3v) is 6.33. The van der Waals surface area contributed by atoms with Gasteiger partial charge >= 0.3 is 0 Å². The van der Waals surface area contributed by atoms with Crippen LogP contribution in [0.2, 0.25) is 0 Å². The van der Waals surface area contributed by atoms with Crippen molar-refractivity contribution in [3.8, 4) is 0 Å². The smallest absolute Gasteiger partial charge is 0.246 e. The summed E-state index contributed by atoms with van der Waals surface area (Å²) in [4.78, 5) is 14.7. The van der Waals surface area contributed by atoms with E-state index in [-0.39, 0.29) is 5.91 Å². The number of carbonyl (C=O) groups excluding carboxylic acids is 1. The molecular weight excluding hydrogens is 393 g/mol. The molecule has 1 aromatic rings. The van der Waals surface area contributed by atoms with E-state index in [0.29, 0.717) is 26.3 Å². The van der Waals surface area contributed by atoms with Crippen LogP contribution >= 0.6 is 54.8 Å². The number of halogens is 3. The molecule has 1 unspecified atom stereocenters. The second-order valence-electron chi connectivity index (χ2n) is 3.57. The van der Waals surface area contributed by atoms with E-state index in [1.54, 1.807) is 4.90 Å². The normalized spacial score (nSPS) is 18.2. The van der Waals surface area contributed by atoms with Gasteiger partial charge in [0, 0.05) is 22.4 Å². The molecule has 0 bridgehead atoms. The van der Waals surface area contributed by atoms with E-state index in [2.05, 4.69) is 31.9 Å². The van der Waals surface area contributed by atoms with Crippen LogP contribution in [0.1, 0.15) is 10.3 Å². The zero-order valence-electron chi connectivity index (χ0n) is 8.79. The molecule has 1 fully saturated rings. The van der Waals surface area contributed by atoms with Gasteiger partial charge in [-0.25, -0.2) is 0 Å². The highest BCUT2D eigenvalue weighted by Crippen LogP contribution is 2.38. The van der Waals surface area contributed by atoms with Crippen molar-refractivity contribution >= 4 is 60.7 Å². The van der Waals surface area contributed by atoms with Crippen molar-refractivity contribution in [2.24, 2.45) is 0 Å². The summed E-state index contributed by atoms with van der Waals surface area (Å²) in [5.74, 6) is -0.0452. The van der Waals surface area contributed by atoms with Gasteiger partial charge in [0.2, 0.25) is 5.91 Å². The Bertz CT molecular complexity index is 401. The fraction of sp³-hybridized carbons (Fsp3) is 0.500. The molecule has 1 aliphatic rings.